The topological polar surface area (TPSA) is 20.3 Å². The molecule has 0 aliphatic rings. The van der Waals surface area contributed by atoms with Crippen LogP contribution in [0.4, 0.5) is 10.1 Å². The summed E-state index contributed by atoms with van der Waals surface area (Å²) >= 11 is 1.40. The molecule has 0 N–H and O–H groups in total. The van der Waals surface area contributed by atoms with Crippen LogP contribution in [-0.2, 0) is 4.79 Å². The molecule has 0 atom stereocenters. The van der Waals surface area contributed by atoms with E-state index in [2.05, 4.69) is 0 Å². The predicted molar refractivity (Wildman–Crippen MR) is 77.0 cm³/mol. The number of hydrogen-bond acceptors (Lipinski definition) is 2. The SMILES string of the molecule is CN(C(=O)CSc1ccc(F)cc1)c1ccccc1. The number of anilines is 1. The minimum absolute atomic E-state index is 0.0144. The summed E-state index contributed by atoms with van der Waals surface area (Å²) in [6.45, 7) is 0. The lowest BCUT2D eigenvalue weighted by Crippen LogP contribution is -2.27. The molecular formula is C15H14FNOS. The fourth-order valence-electron chi connectivity index (χ4n) is 1.57. The molecule has 0 saturated heterocycles. The van der Waals surface area contributed by atoms with E-state index >= 15 is 0 Å². The van der Waals surface area contributed by atoms with Gasteiger partial charge in [0, 0.05) is 17.6 Å². The molecule has 0 fully saturated rings. The van der Waals surface area contributed by atoms with Crippen molar-refractivity contribution in [2.24, 2.45) is 0 Å². The van der Waals surface area contributed by atoms with Crippen LogP contribution in [0.25, 0.3) is 0 Å². The third kappa shape index (κ3) is 3.83. The second kappa shape index (κ2) is 6.38. The van der Waals surface area contributed by atoms with Crippen molar-refractivity contribution in [2.75, 3.05) is 17.7 Å². The summed E-state index contributed by atoms with van der Waals surface area (Å²) in [6, 6.07) is 15.6. The van der Waals surface area contributed by atoms with Crippen LogP contribution in [0.3, 0.4) is 0 Å². The Morgan fingerprint density at radius 3 is 2.37 bits per heavy atom. The highest BCUT2D eigenvalue weighted by Crippen LogP contribution is 2.20. The largest absolute Gasteiger partial charge is 0.315 e. The second-order valence-electron chi connectivity index (χ2n) is 4.03. The van der Waals surface area contributed by atoms with Gasteiger partial charge >= 0.3 is 0 Å². The van der Waals surface area contributed by atoms with E-state index in [4.69, 9.17) is 0 Å². The number of hydrogen-bond donors (Lipinski definition) is 0. The molecule has 0 heterocycles. The first-order chi connectivity index (χ1) is 9.16. The van der Waals surface area contributed by atoms with Gasteiger partial charge in [0.2, 0.25) is 5.91 Å². The van der Waals surface area contributed by atoms with Crippen molar-refractivity contribution in [3.63, 3.8) is 0 Å². The maximum absolute atomic E-state index is 12.8. The van der Waals surface area contributed by atoms with E-state index in [1.165, 1.54) is 23.9 Å². The molecule has 0 saturated carbocycles. The van der Waals surface area contributed by atoms with Crippen molar-refractivity contribution in [2.45, 2.75) is 4.90 Å². The molecule has 2 aromatic rings. The van der Waals surface area contributed by atoms with Crippen molar-refractivity contribution in [1.82, 2.24) is 0 Å². The van der Waals surface area contributed by atoms with Gasteiger partial charge in [-0.05, 0) is 36.4 Å². The Morgan fingerprint density at radius 2 is 1.74 bits per heavy atom. The first-order valence-electron chi connectivity index (χ1n) is 5.87. The van der Waals surface area contributed by atoms with Gasteiger partial charge in [-0.3, -0.25) is 4.79 Å². The third-order valence-corrected chi connectivity index (χ3v) is 3.69. The molecule has 4 heteroatoms. The molecule has 0 unspecified atom stereocenters. The number of nitrogens with zero attached hydrogens (tertiary/aromatic N) is 1. The van der Waals surface area contributed by atoms with E-state index in [0.717, 1.165) is 10.6 Å². The van der Waals surface area contributed by atoms with E-state index in [0.29, 0.717) is 5.75 Å². The summed E-state index contributed by atoms with van der Waals surface area (Å²) in [4.78, 5) is 14.5. The average Bonchev–Trinajstić information content (AvgIpc) is 2.46. The summed E-state index contributed by atoms with van der Waals surface area (Å²) in [7, 11) is 1.75. The van der Waals surface area contributed by atoms with Gasteiger partial charge in [-0.2, -0.15) is 0 Å². The van der Waals surface area contributed by atoms with Crippen molar-refractivity contribution < 1.29 is 9.18 Å². The summed E-state index contributed by atoms with van der Waals surface area (Å²) in [5, 5.41) is 0. The van der Waals surface area contributed by atoms with E-state index < -0.39 is 0 Å². The lowest BCUT2D eigenvalue weighted by molar-refractivity contribution is -0.115. The van der Waals surface area contributed by atoms with Gasteiger partial charge in [0.25, 0.3) is 0 Å². The Balaban J connectivity index is 1.93. The quantitative estimate of drug-likeness (QED) is 0.795. The minimum Gasteiger partial charge on any atom is -0.315 e. The van der Waals surface area contributed by atoms with Gasteiger partial charge in [-0.25, -0.2) is 4.39 Å². The number of carbonyl (C=O) groups excluding carboxylic acids is 1. The Labute approximate surface area is 116 Å². The van der Waals surface area contributed by atoms with Gasteiger partial charge < -0.3 is 4.90 Å². The molecule has 1 amide bonds. The lowest BCUT2D eigenvalue weighted by Gasteiger charge is -2.16. The monoisotopic (exact) mass is 275 g/mol. The molecule has 0 spiro atoms. The highest BCUT2D eigenvalue weighted by molar-refractivity contribution is 8.00. The number of halogens is 1. The lowest BCUT2D eigenvalue weighted by atomic mass is 10.3. The van der Waals surface area contributed by atoms with Crippen LogP contribution in [0, 0.1) is 5.82 Å². The zero-order valence-electron chi connectivity index (χ0n) is 10.5. The molecule has 0 aliphatic carbocycles. The van der Waals surface area contributed by atoms with Crippen LogP contribution < -0.4 is 4.90 Å². The van der Waals surface area contributed by atoms with Crippen molar-refractivity contribution in [3.05, 3.63) is 60.4 Å². The number of amides is 1. The molecule has 0 radical (unpaired) electrons. The molecule has 0 aliphatic heterocycles. The summed E-state index contributed by atoms with van der Waals surface area (Å²) in [5.41, 5.74) is 0.868. The van der Waals surface area contributed by atoms with Crippen molar-refractivity contribution in [1.29, 1.82) is 0 Å². The van der Waals surface area contributed by atoms with Gasteiger partial charge in [0.15, 0.2) is 0 Å². The standard InChI is InChI=1S/C15H14FNOS/c1-17(13-5-3-2-4-6-13)15(18)11-19-14-9-7-12(16)8-10-14/h2-10H,11H2,1H3. The van der Waals surface area contributed by atoms with E-state index in [-0.39, 0.29) is 11.7 Å². The summed E-state index contributed by atoms with van der Waals surface area (Å²) in [5.74, 6) is 0.0782. The Morgan fingerprint density at radius 1 is 1.11 bits per heavy atom. The zero-order valence-corrected chi connectivity index (χ0v) is 11.4. The molecular weight excluding hydrogens is 261 g/mol. The predicted octanol–water partition coefficient (Wildman–Crippen LogP) is 3.58. The highest BCUT2D eigenvalue weighted by Gasteiger charge is 2.10. The van der Waals surface area contributed by atoms with E-state index in [1.807, 2.05) is 30.3 Å². The maximum atomic E-state index is 12.8. The number of benzene rings is 2. The van der Waals surface area contributed by atoms with Gasteiger partial charge in [0.05, 0.1) is 5.75 Å². The highest BCUT2D eigenvalue weighted by atomic mass is 32.2. The number of thioether (sulfide) groups is 1. The molecule has 98 valence electrons. The normalized spacial score (nSPS) is 10.2. The van der Waals surface area contributed by atoms with Crippen LogP contribution in [0.1, 0.15) is 0 Å². The van der Waals surface area contributed by atoms with Gasteiger partial charge in [0.1, 0.15) is 5.82 Å². The average molecular weight is 275 g/mol. The van der Waals surface area contributed by atoms with Crippen LogP contribution in [-0.4, -0.2) is 18.7 Å². The summed E-state index contributed by atoms with van der Waals surface area (Å²) < 4.78 is 12.8. The summed E-state index contributed by atoms with van der Waals surface area (Å²) in [6.07, 6.45) is 0. The van der Waals surface area contributed by atoms with Gasteiger partial charge in [-0.1, -0.05) is 18.2 Å². The van der Waals surface area contributed by atoms with Crippen LogP contribution >= 0.6 is 11.8 Å². The van der Waals surface area contributed by atoms with Crippen LogP contribution in [0.5, 0.6) is 0 Å². The smallest absolute Gasteiger partial charge is 0.237 e. The second-order valence-corrected chi connectivity index (χ2v) is 5.08. The van der Waals surface area contributed by atoms with Crippen LogP contribution in [0.2, 0.25) is 0 Å². The molecule has 0 aromatic heterocycles. The molecule has 19 heavy (non-hydrogen) atoms. The molecule has 0 bridgehead atoms. The number of carbonyl (C=O) groups is 1. The first kappa shape index (κ1) is 13.6. The van der Waals surface area contributed by atoms with Gasteiger partial charge in [-0.15, -0.1) is 11.8 Å². The van der Waals surface area contributed by atoms with E-state index in [1.54, 1.807) is 24.1 Å². The Kier molecular flexibility index (Phi) is 4.58. The molecule has 2 nitrogen and oxygen atoms in total. The van der Waals surface area contributed by atoms with Crippen molar-refractivity contribution >= 4 is 23.4 Å². The van der Waals surface area contributed by atoms with Crippen LogP contribution in [0.15, 0.2) is 59.5 Å². The number of para-hydroxylation sites is 1. The maximum Gasteiger partial charge on any atom is 0.237 e. The molecule has 2 aromatic carbocycles. The van der Waals surface area contributed by atoms with Crippen molar-refractivity contribution in [3.8, 4) is 0 Å². The fourth-order valence-corrected chi connectivity index (χ4v) is 2.38. The van der Waals surface area contributed by atoms with E-state index in [9.17, 15) is 9.18 Å². The molecule has 2 rings (SSSR count). The number of rotatable bonds is 4. The fraction of sp³-hybridized carbons (Fsp3) is 0.133. The third-order valence-electron chi connectivity index (χ3n) is 2.69. The Hall–Kier alpha value is -1.81. The zero-order chi connectivity index (χ0) is 13.7. The first-order valence-corrected chi connectivity index (χ1v) is 6.85. The minimum atomic E-state index is -0.267. The Bertz CT molecular complexity index is 542.